The van der Waals surface area contributed by atoms with Crippen LogP contribution < -0.4 is 4.72 Å². The third-order valence-corrected chi connectivity index (χ3v) is 4.52. The monoisotopic (exact) mass is 343 g/mol. The molecule has 0 radical (unpaired) electrons. The second-order valence-electron chi connectivity index (χ2n) is 4.08. The molecule has 0 aliphatic carbocycles. The Morgan fingerprint density at radius 3 is 2.53 bits per heavy atom. The van der Waals surface area contributed by atoms with Gasteiger partial charge in [0, 0.05) is 17.7 Å². The number of nitrogens with one attached hydrogen (secondary N) is 1. The standard InChI is InChI=1S/C12H14BrN3O2S/c1-3-11-12(8-16(2)14-11)15-19(17,18)10-6-4-9(13)5-7-10/h4-8,15H,3H2,1-2H3. The Bertz CT molecular complexity index is 678. The van der Waals surface area contributed by atoms with Crippen molar-refractivity contribution in [1.29, 1.82) is 0 Å². The van der Waals surface area contributed by atoms with E-state index in [1.165, 1.54) is 0 Å². The summed E-state index contributed by atoms with van der Waals surface area (Å²) in [5.74, 6) is 0. The first kappa shape index (κ1) is 14.1. The Morgan fingerprint density at radius 1 is 1.32 bits per heavy atom. The topological polar surface area (TPSA) is 64.0 Å². The van der Waals surface area contributed by atoms with E-state index in [0.29, 0.717) is 12.1 Å². The number of aromatic nitrogens is 2. The Hall–Kier alpha value is -1.34. The first-order valence-electron chi connectivity index (χ1n) is 5.73. The predicted octanol–water partition coefficient (Wildman–Crippen LogP) is 2.55. The average Bonchev–Trinajstić information content (AvgIpc) is 2.69. The Kier molecular flexibility index (Phi) is 3.96. The molecule has 0 aliphatic rings. The van der Waals surface area contributed by atoms with Crippen molar-refractivity contribution < 1.29 is 8.42 Å². The van der Waals surface area contributed by atoms with Crippen molar-refractivity contribution in [2.45, 2.75) is 18.2 Å². The number of hydrogen-bond donors (Lipinski definition) is 1. The first-order valence-corrected chi connectivity index (χ1v) is 8.01. The van der Waals surface area contributed by atoms with Crippen LogP contribution in [0.2, 0.25) is 0 Å². The van der Waals surface area contributed by atoms with Gasteiger partial charge >= 0.3 is 0 Å². The number of anilines is 1. The summed E-state index contributed by atoms with van der Waals surface area (Å²) >= 11 is 3.28. The fourth-order valence-corrected chi connectivity index (χ4v) is 3.03. The summed E-state index contributed by atoms with van der Waals surface area (Å²) in [6, 6.07) is 6.49. The van der Waals surface area contributed by atoms with E-state index in [1.54, 1.807) is 42.2 Å². The zero-order valence-corrected chi connectivity index (χ0v) is 13.0. The molecule has 0 aliphatic heterocycles. The largest absolute Gasteiger partial charge is 0.276 e. The molecule has 0 spiro atoms. The van der Waals surface area contributed by atoms with Crippen LogP contribution in [0.5, 0.6) is 0 Å². The van der Waals surface area contributed by atoms with Crippen LogP contribution in [0.1, 0.15) is 12.6 Å². The van der Waals surface area contributed by atoms with Crippen LogP contribution in [0, 0.1) is 0 Å². The number of aryl methyl sites for hydroxylation is 2. The van der Waals surface area contributed by atoms with E-state index in [1.807, 2.05) is 6.92 Å². The maximum Gasteiger partial charge on any atom is 0.262 e. The molecule has 5 nitrogen and oxygen atoms in total. The van der Waals surface area contributed by atoms with E-state index >= 15 is 0 Å². The van der Waals surface area contributed by atoms with Crippen LogP contribution in [0.4, 0.5) is 5.69 Å². The zero-order valence-electron chi connectivity index (χ0n) is 10.6. The van der Waals surface area contributed by atoms with Crippen LogP contribution in [0.3, 0.4) is 0 Å². The highest BCUT2D eigenvalue weighted by atomic mass is 79.9. The third-order valence-electron chi connectivity index (χ3n) is 2.61. The molecule has 0 unspecified atom stereocenters. The van der Waals surface area contributed by atoms with Crippen LogP contribution in [0.15, 0.2) is 39.8 Å². The number of benzene rings is 1. The van der Waals surface area contributed by atoms with Crippen LogP contribution in [-0.2, 0) is 23.5 Å². The van der Waals surface area contributed by atoms with E-state index in [4.69, 9.17) is 0 Å². The maximum absolute atomic E-state index is 12.2. The Morgan fingerprint density at radius 2 is 1.95 bits per heavy atom. The van der Waals surface area contributed by atoms with Gasteiger partial charge in [-0.15, -0.1) is 0 Å². The molecule has 0 atom stereocenters. The SMILES string of the molecule is CCc1nn(C)cc1NS(=O)(=O)c1ccc(Br)cc1. The van der Waals surface area contributed by atoms with Gasteiger partial charge in [-0.05, 0) is 30.7 Å². The molecule has 0 saturated heterocycles. The molecule has 7 heteroatoms. The summed E-state index contributed by atoms with van der Waals surface area (Å²) in [6.45, 7) is 1.93. The molecular formula is C12H14BrN3O2S. The maximum atomic E-state index is 12.2. The van der Waals surface area contributed by atoms with E-state index in [9.17, 15) is 8.42 Å². The average molecular weight is 344 g/mol. The van der Waals surface area contributed by atoms with Gasteiger partial charge in [-0.3, -0.25) is 9.40 Å². The number of nitrogens with zero attached hydrogens (tertiary/aromatic N) is 2. The normalized spacial score (nSPS) is 11.5. The summed E-state index contributed by atoms with van der Waals surface area (Å²) in [6.07, 6.45) is 2.33. The highest BCUT2D eigenvalue weighted by Crippen LogP contribution is 2.20. The third kappa shape index (κ3) is 3.16. The molecule has 0 bridgehead atoms. The van der Waals surface area contributed by atoms with Crippen molar-refractivity contribution in [3.05, 3.63) is 40.6 Å². The molecule has 1 aromatic heterocycles. The van der Waals surface area contributed by atoms with E-state index < -0.39 is 10.0 Å². The summed E-state index contributed by atoms with van der Waals surface area (Å²) in [7, 11) is -1.81. The minimum atomic E-state index is -3.57. The van der Waals surface area contributed by atoms with Gasteiger partial charge in [0.1, 0.15) is 0 Å². The van der Waals surface area contributed by atoms with E-state index in [0.717, 1.165) is 10.2 Å². The molecule has 2 aromatic rings. The summed E-state index contributed by atoms with van der Waals surface area (Å²) in [4.78, 5) is 0.224. The van der Waals surface area contributed by atoms with Crippen molar-refractivity contribution in [2.24, 2.45) is 7.05 Å². The Balaban J connectivity index is 2.33. The molecule has 1 N–H and O–H groups in total. The summed E-state index contributed by atoms with van der Waals surface area (Å²) in [5.41, 5.74) is 1.25. The second-order valence-corrected chi connectivity index (χ2v) is 6.67. The molecule has 1 heterocycles. The minimum Gasteiger partial charge on any atom is -0.276 e. The summed E-state index contributed by atoms with van der Waals surface area (Å²) in [5, 5.41) is 4.20. The van der Waals surface area contributed by atoms with Crippen LogP contribution in [0.25, 0.3) is 0 Å². The van der Waals surface area contributed by atoms with E-state index in [-0.39, 0.29) is 4.90 Å². The number of halogens is 1. The quantitative estimate of drug-likeness (QED) is 0.927. The Labute approximate surface area is 120 Å². The molecule has 19 heavy (non-hydrogen) atoms. The van der Waals surface area contributed by atoms with Gasteiger partial charge in [0.25, 0.3) is 10.0 Å². The van der Waals surface area contributed by atoms with Crippen molar-refractivity contribution in [1.82, 2.24) is 9.78 Å². The molecule has 0 saturated carbocycles. The van der Waals surface area contributed by atoms with Crippen molar-refractivity contribution in [2.75, 3.05) is 4.72 Å². The lowest BCUT2D eigenvalue weighted by Gasteiger charge is -2.07. The predicted molar refractivity (Wildman–Crippen MR) is 77.5 cm³/mol. The lowest BCUT2D eigenvalue weighted by Crippen LogP contribution is -2.13. The fraction of sp³-hybridized carbons (Fsp3) is 0.250. The number of rotatable bonds is 4. The van der Waals surface area contributed by atoms with Crippen molar-refractivity contribution in [3.63, 3.8) is 0 Å². The highest BCUT2D eigenvalue weighted by Gasteiger charge is 2.17. The summed E-state index contributed by atoms with van der Waals surface area (Å²) < 4.78 is 29.5. The van der Waals surface area contributed by atoms with Gasteiger partial charge in [0.2, 0.25) is 0 Å². The molecular weight excluding hydrogens is 330 g/mol. The smallest absolute Gasteiger partial charge is 0.262 e. The molecule has 102 valence electrons. The van der Waals surface area contributed by atoms with Gasteiger partial charge in [0.05, 0.1) is 16.3 Å². The molecule has 0 amide bonds. The second kappa shape index (κ2) is 5.34. The van der Waals surface area contributed by atoms with Crippen molar-refractivity contribution in [3.8, 4) is 0 Å². The van der Waals surface area contributed by atoms with Gasteiger partial charge in [-0.25, -0.2) is 8.42 Å². The molecule has 2 rings (SSSR count). The lowest BCUT2D eigenvalue weighted by molar-refractivity contribution is 0.601. The lowest BCUT2D eigenvalue weighted by atomic mass is 10.3. The number of sulfonamides is 1. The zero-order chi connectivity index (χ0) is 14.0. The fourth-order valence-electron chi connectivity index (χ4n) is 1.70. The highest BCUT2D eigenvalue weighted by molar-refractivity contribution is 9.10. The van der Waals surface area contributed by atoms with Gasteiger partial charge in [-0.2, -0.15) is 5.10 Å². The molecule has 0 fully saturated rings. The minimum absolute atomic E-state index is 0.224. The van der Waals surface area contributed by atoms with Gasteiger partial charge < -0.3 is 0 Å². The van der Waals surface area contributed by atoms with Gasteiger partial charge in [-0.1, -0.05) is 22.9 Å². The molecule has 1 aromatic carbocycles. The van der Waals surface area contributed by atoms with Crippen LogP contribution in [-0.4, -0.2) is 18.2 Å². The van der Waals surface area contributed by atoms with Gasteiger partial charge in [0.15, 0.2) is 0 Å². The van der Waals surface area contributed by atoms with E-state index in [2.05, 4.69) is 25.8 Å². The van der Waals surface area contributed by atoms with Crippen molar-refractivity contribution >= 4 is 31.6 Å². The first-order chi connectivity index (χ1) is 8.92. The number of hydrogen-bond acceptors (Lipinski definition) is 3. The van der Waals surface area contributed by atoms with Crippen LogP contribution >= 0.6 is 15.9 Å².